The molecule has 7 heteroatoms. The standard InChI is InChI=1S/C20H26N2O4.HI/c1-12-16(19(23)25-6)18(17(13(2)21-12)20(24)26-7)14-9-8-10-15(11-14)22(3,4)5;/h8-11,18H,1-7H3;1H. The van der Waals surface area contributed by atoms with Gasteiger partial charge in [-0.2, -0.15) is 0 Å². The van der Waals surface area contributed by atoms with E-state index in [0.717, 1.165) is 11.3 Å². The van der Waals surface area contributed by atoms with Crippen LogP contribution in [0.3, 0.4) is 0 Å². The highest BCUT2D eigenvalue weighted by Gasteiger charge is 2.38. The summed E-state index contributed by atoms with van der Waals surface area (Å²) in [6, 6.07) is 7.89. The number of rotatable bonds is 4. The highest BCUT2D eigenvalue weighted by Crippen LogP contribution is 2.40. The molecule has 0 saturated carbocycles. The van der Waals surface area contributed by atoms with Crippen LogP contribution in [0.5, 0.6) is 0 Å². The monoisotopic (exact) mass is 486 g/mol. The first-order valence-corrected chi connectivity index (χ1v) is 8.39. The summed E-state index contributed by atoms with van der Waals surface area (Å²) in [6.07, 6.45) is 0. The van der Waals surface area contributed by atoms with Crippen molar-refractivity contribution in [3.8, 4) is 0 Å². The Labute approximate surface area is 177 Å². The Morgan fingerprint density at radius 3 is 1.85 bits per heavy atom. The molecule has 27 heavy (non-hydrogen) atoms. The average Bonchev–Trinajstić information content (AvgIpc) is 2.59. The van der Waals surface area contributed by atoms with Crippen LogP contribution in [0.15, 0.2) is 46.8 Å². The minimum absolute atomic E-state index is 0. The van der Waals surface area contributed by atoms with Crippen molar-refractivity contribution in [3.63, 3.8) is 0 Å². The Bertz CT molecular complexity index is 768. The van der Waals surface area contributed by atoms with Crippen LogP contribution in [-0.2, 0) is 19.1 Å². The van der Waals surface area contributed by atoms with Crippen LogP contribution in [0.25, 0.3) is 0 Å². The van der Waals surface area contributed by atoms with E-state index in [1.165, 1.54) is 14.2 Å². The maximum Gasteiger partial charge on any atom is 0.336 e. The summed E-state index contributed by atoms with van der Waals surface area (Å²) in [7, 11) is 8.86. The summed E-state index contributed by atoms with van der Waals surface area (Å²) in [5, 5.41) is 3.11. The molecule has 1 aliphatic heterocycles. The number of hydrogen-bond acceptors (Lipinski definition) is 5. The van der Waals surface area contributed by atoms with Crippen molar-refractivity contribution in [2.45, 2.75) is 19.8 Å². The normalized spacial score (nSPS) is 15.1. The van der Waals surface area contributed by atoms with Crippen molar-refractivity contribution in [1.29, 1.82) is 0 Å². The average molecular weight is 486 g/mol. The van der Waals surface area contributed by atoms with Crippen LogP contribution in [0, 0.1) is 0 Å². The molecular weight excluding hydrogens is 459 g/mol. The molecule has 6 nitrogen and oxygen atoms in total. The molecule has 0 unspecified atom stereocenters. The van der Waals surface area contributed by atoms with E-state index in [2.05, 4.69) is 26.5 Å². The number of benzene rings is 1. The first-order chi connectivity index (χ1) is 12.1. The van der Waals surface area contributed by atoms with Gasteiger partial charge in [-0.15, -0.1) is 0 Å². The van der Waals surface area contributed by atoms with Gasteiger partial charge >= 0.3 is 11.9 Å². The fourth-order valence-corrected chi connectivity index (χ4v) is 3.21. The smallest absolute Gasteiger partial charge is 0.336 e. The van der Waals surface area contributed by atoms with E-state index in [-0.39, 0.29) is 24.0 Å². The summed E-state index contributed by atoms with van der Waals surface area (Å²) in [4.78, 5) is 25.0. The molecule has 0 amide bonds. The maximum atomic E-state index is 12.5. The highest BCUT2D eigenvalue weighted by atomic mass is 127. The molecule has 1 aromatic rings. The number of dihydropyridines is 1. The van der Waals surface area contributed by atoms with E-state index in [1.54, 1.807) is 13.8 Å². The van der Waals surface area contributed by atoms with E-state index in [0.29, 0.717) is 27.0 Å². The SMILES string of the molecule is COC(=O)C1=C(C)NC(C)=C(C(=O)OC)C1c1cccc([N+](C)(C)C)c1.[I-]. The second-order valence-corrected chi connectivity index (χ2v) is 7.23. The van der Waals surface area contributed by atoms with Gasteiger partial charge in [0.2, 0.25) is 0 Å². The van der Waals surface area contributed by atoms with Crippen LogP contribution >= 0.6 is 0 Å². The van der Waals surface area contributed by atoms with E-state index < -0.39 is 17.9 Å². The van der Waals surface area contributed by atoms with E-state index in [4.69, 9.17) is 9.47 Å². The molecule has 0 atom stereocenters. The van der Waals surface area contributed by atoms with Crippen LogP contribution < -0.4 is 33.8 Å². The third-order valence-electron chi connectivity index (χ3n) is 4.55. The minimum atomic E-state index is -0.553. The molecule has 0 aliphatic carbocycles. The van der Waals surface area contributed by atoms with Gasteiger partial charge in [0, 0.05) is 17.5 Å². The Morgan fingerprint density at radius 1 is 0.963 bits per heavy atom. The van der Waals surface area contributed by atoms with Crippen LogP contribution in [0.1, 0.15) is 25.3 Å². The zero-order valence-electron chi connectivity index (χ0n) is 16.8. The molecule has 2 rings (SSSR count). The number of halogens is 1. The summed E-state index contributed by atoms with van der Waals surface area (Å²) in [5.41, 5.74) is 4.07. The van der Waals surface area contributed by atoms with Gasteiger partial charge in [-0.05, 0) is 25.5 Å². The van der Waals surface area contributed by atoms with Gasteiger partial charge in [-0.1, -0.05) is 12.1 Å². The summed E-state index contributed by atoms with van der Waals surface area (Å²) < 4.78 is 10.6. The number of methoxy groups -OCH3 is 2. The van der Waals surface area contributed by atoms with Crippen LogP contribution in [0.2, 0.25) is 0 Å². The number of hydrogen-bond donors (Lipinski definition) is 1. The minimum Gasteiger partial charge on any atom is -1.00 e. The predicted molar refractivity (Wildman–Crippen MR) is 101 cm³/mol. The highest BCUT2D eigenvalue weighted by molar-refractivity contribution is 5.99. The fraction of sp³-hybridized carbons (Fsp3) is 0.400. The fourth-order valence-electron chi connectivity index (χ4n) is 3.21. The number of esters is 2. The molecule has 1 N–H and O–H groups in total. The number of nitrogens with one attached hydrogen (secondary N) is 1. The number of nitrogens with zero attached hydrogens (tertiary/aromatic N) is 1. The second-order valence-electron chi connectivity index (χ2n) is 7.23. The van der Waals surface area contributed by atoms with E-state index in [9.17, 15) is 9.59 Å². The summed E-state index contributed by atoms with van der Waals surface area (Å²) >= 11 is 0. The van der Waals surface area contributed by atoms with Crippen molar-refractivity contribution < 1.29 is 43.0 Å². The number of ether oxygens (including phenoxy) is 2. The van der Waals surface area contributed by atoms with Crippen molar-refractivity contribution in [2.75, 3.05) is 35.4 Å². The third-order valence-corrected chi connectivity index (χ3v) is 4.55. The molecule has 0 spiro atoms. The Morgan fingerprint density at radius 2 is 1.44 bits per heavy atom. The van der Waals surface area contributed by atoms with Crippen molar-refractivity contribution in [3.05, 3.63) is 52.4 Å². The predicted octanol–water partition coefficient (Wildman–Crippen LogP) is -0.532. The lowest BCUT2D eigenvalue weighted by Crippen LogP contribution is -3.00. The lowest BCUT2D eigenvalue weighted by atomic mass is 9.80. The number of quaternary nitrogens is 1. The molecule has 148 valence electrons. The molecular formula is C20H27IN2O4. The number of allylic oxidation sites excluding steroid dienone is 2. The molecule has 1 aromatic carbocycles. The first kappa shape index (κ1) is 23.2. The van der Waals surface area contributed by atoms with Gasteiger partial charge in [-0.3, -0.25) is 4.48 Å². The van der Waals surface area contributed by atoms with Crippen molar-refractivity contribution >= 4 is 17.6 Å². The molecule has 1 aliphatic rings. The molecule has 0 fully saturated rings. The lowest BCUT2D eigenvalue weighted by molar-refractivity contribution is -0.137. The third kappa shape index (κ3) is 4.70. The first-order valence-electron chi connectivity index (χ1n) is 8.39. The topological polar surface area (TPSA) is 64.6 Å². The van der Waals surface area contributed by atoms with Gasteiger partial charge in [0.15, 0.2) is 0 Å². The molecule has 0 radical (unpaired) electrons. The Hall–Kier alpha value is -1.87. The summed E-state index contributed by atoms with van der Waals surface area (Å²) in [6.45, 7) is 3.61. The van der Waals surface area contributed by atoms with Gasteiger partial charge < -0.3 is 38.8 Å². The quantitative estimate of drug-likeness (QED) is 0.352. The molecule has 0 aromatic heterocycles. The zero-order chi connectivity index (χ0) is 19.6. The van der Waals surface area contributed by atoms with Crippen LogP contribution in [-0.4, -0.2) is 47.3 Å². The van der Waals surface area contributed by atoms with Gasteiger partial charge in [0.25, 0.3) is 0 Å². The second kappa shape index (κ2) is 8.88. The van der Waals surface area contributed by atoms with Gasteiger partial charge in [0.05, 0.1) is 52.4 Å². The van der Waals surface area contributed by atoms with Gasteiger partial charge in [-0.25, -0.2) is 9.59 Å². The zero-order valence-corrected chi connectivity index (χ0v) is 19.0. The molecule has 0 saturated heterocycles. The number of carbonyl (C=O) groups excluding carboxylic acids is 2. The van der Waals surface area contributed by atoms with Crippen molar-refractivity contribution in [1.82, 2.24) is 9.80 Å². The van der Waals surface area contributed by atoms with E-state index >= 15 is 0 Å². The number of carbonyl (C=O) groups is 2. The molecule has 1 heterocycles. The van der Waals surface area contributed by atoms with Crippen LogP contribution in [0.4, 0.5) is 5.69 Å². The Balaban J connectivity index is 0.00000364. The van der Waals surface area contributed by atoms with Crippen molar-refractivity contribution in [2.24, 2.45) is 0 Å². The van der Waals surface area contributed by atoms with Gasteiger partial charge in [0.1, 0.15) is 5.69 Å². The van der Waals surface area contributed by atoms with E-state index in [1.807, 2.05) is 24.3 Å². The summed E-state index contributed by atoms with van der Waals surface area (Å²) in [5.74, 6) is -1.49. The lowest BCUT2D eigenvalue weighted by Gasteiger charge is -2.31. The molecule has 0 bridgehead atoms. The Kier molecular flexibility index (Phi) is 7.62. The maximum absolute atomic E-state index is 12.5. The largest absolute Gasteiger partial charge is 1.00 e.